The highest BCUT2D eigenvalue weighted by molar-refractivity contribution is 7.92. The lowest BCUT2D eigenvalue weighted by atomic mass is 10.2. The molecule has 0 aromatic heterocycles. The van der Waals surface area contributed by atoms with E-state index in [4.69, 9.17) is 0 Å². The Morgan fingerprint density at radius 3 is 2.58 bits per heavy atom. The number of nitrogens with zero attached hydrogens (tertiary/aromatic N) is 1. The third-order valence-electron chi connectivity index (χ3n) is 3.85. The lowest BCUT2D eigenvalue weighted by Crippen LogP contribution is -2.38. The topological polar surface area (TPSA) is 66.5 Å². The maximum Gasteiger partial charge on any atom is 0.242 e. The lowest BCUT2D eigenvalue weighted by molar-refractivity contribution is -0.117. The van der Waals surface area contributed by atoms with Crippen LogP contribution in [0.15, 0.2) is 60.0 Å². The van der Waals surface area contributed by atoms with Gasteiger partial charge in [0.2, 0.25) is 15.9 Å². The fourth-order valence-electron chi connectivity index (χ4n) is 2.64. The van der Waals surface area contributed by atoms with Gasteiger partial charge in [0.15, 0.2) is 0 Å². The second-order valence-corrected chi connectivity index (χ2v) is 7.15. The van der Waals surface area contributed by atoms with Crippen molar-refractivity contribution in [3.05, 3.63) is 71.1 Å². The average Bonchev–Trinajstić information content (AvgIpc) is 3.03. The molecule has 1 amide bonds. The van der Waals surface area contributed by atoms with Gasteiger partial charge in [-0.2, -0.15) is 0 Å². The van der Waals surface area contributed by atoms with Gasteiger partial charge >= 0.3 is 0 Å². The molecule has 0 bridgehead atoms. The van der Waals surface area contributed by atoms with Gasteiger partial charge in [-0.15, -0.1) is 0 Å². The van der Waals surface area contributed by atoms with Crippen molar-refractivity contribution in [1.82, 2.24) is 4.72 Å². The van der Waals surface area contributed by atoms with Crippen LogP contribution in [0.3, 0.4) is 0 Å². The fourth-order valence-corrected chi connectivity index (χ4v) is 3.39. The first-order valence-electron chi connectivity index (χ1n) is 7.66. The number of fused-ring (bicyclic) bond motifs is 1. The van der Waals surface area contributed by atoms with Crippen LogP contribution < -0.4 is 9.62 Å². The molecule has 1 aliphatic rings. The summed E-state index contributed by atoms with van der Waals surface area (Å²) >= 11 is 0. The number of sulfonamides is 1. The summed E-state index contributed by atoms with van der Waals surface area (Å²) in [6.45, 7) is 0.329. The molecule has 0 aliphatic carbocycles. The molecular weight excluding hydrogens is 324 g/mol. The number of benzene rings is 2. The van der Waals surface area contributed by atoms with Crippen molar-refractivity contribution in [1.29, 1.82) is 0 Å². The highest BCUT2D eigenvalue weighted by Gasteiger charge is 2.24. The molecule has 24 heavy (non-hydrogen) atoms. The van der Waals surface area contributed by atoms with Gasteiger partial charge in [-0.25, -0.2) is 13.1 Å². The molecule has 1 N–H and O–H groups in total. The number of amides is 1. The van der Waals surface area contributed by atoms with E-state index in [2.05, 4.69) is 4.72 Å². The zero-order chi connectivity index (χ0) is 17.0. The number of carbonyl (C=O) groups excluding carboxylic acids is 1. The van der Waals surface area contributed by atoms with Gasteiger partial charge in [0.25, 0.3) is 0 Å². The molecule has 2 aromatic carbocycles. The van der Waals surface area contributed by atoms with Crippen LogP contribution in [0.4, 0.5) is 5.69 Å². The Labute approximate surface area is 141 Å². The van der Waals surface area contributed by atoms with Crippen LogP contribution in [-0.4, -0.2) is 27.4 Å². The minimum Gasteiger partial charge on any atom is -0.311 e. The van der Waals surface area contributed by atoms with Crippen LogP contribution in [0.5, 0.6) is 0 Å². The first-order chi connectivity index (χ1) is 11.6. The molecule has 0 radical (unpaired) electrons. The van der Waals surface area contributed by atoms with Crippen molar-refractivity contribution in [2.24, 2.45) is 0 Å². The van der Waals surface area contributed by atoms with Gasteiger partial charge in [-0.1, -0.05) is 48.5 Å². The third kappa shape index (κ3) is 3.90. The maximum atomic E-state index is 12.3. The standard InChI is InChI=1S/C18H18N2O3S/c21-18(20-12-10-16-8-4-5-9-17(16)20)14-19-24(22,23)13-11-15-6-2-1-3-7-15/h1-9,11,13,19H,10,12,14H2/b13-11+. The fraction of sp³-hybridized carbons (Fsp3) is 0.167. The van der Waals surface area contributed by atoms with Crippen LogP contribution in [0.25, 0.3) is 6.08 Å². The molecule has 124 valence electrons. The van der Waals surface area contributed by atoms with E-state index in [0.717, 1.165) is 28.6 Å². The van der Waals surface area contributed by atoms with E-state index >= 15 is 0 Å². The predicted molar refractivity (Wildman–Crippen MR) is 94.9 cm³/mol. The van der Waals surface area contributed by atoms with Gasteiger partial charge in [0.05, 0.1) is 6.54 Å². The first-order valence-corrected chi connectivity index (χ1v) is 9.21. The molecule has 1 aliphatic heterocycles. The Morgan fingerprint density at radius 1 is 1.08 bits per heavy atom. The largest absolute Gasteiger partial charge is 0.311 e. The van der Waals surface area contributed by atoms with E-state index in [9.17, 15) is 13.2 Å². The Hall–Kier alpha value is -2.44. The van der Waals surface area contributed by atoms with Crippen molar-refractivity contribution in [2.45, 2.75) is 6.42 Å². The van der Waals surface area contributed by atoms with Gasteiger partial charge in [-0.05, 0) is 29.7 Å². The van der Waals surface area contributed by atoms with Gasteiger partial charge in [0, 0.05) is 17.6 Å². The lowest BCUT2D eigenvalue weighted by Gasteiger charge is -2.17. The van der Waals surface area contributed by atoms with Crippen LogP contribution in [0, 0.1) is 0 Å². The third-order valence-corrected chi connectivity index (χ3v) is 4.89. The van der Waals surface area contributed by atoms with Gasteiger partial charge in [-0.3, -0.25) is 4.79 Å². The van der Waals surface area contributed by atoms with Gasteiger partial charge in [0.1, 0.15) is 0 Å². The summed E-state index contributed by atoms with van der Waals surface area (Å²) in [5.74, 6) is -0.253. The number of hydrogen-bond donors (Lipinski definition) is 1. The van der Waals surface area contributed by atoms with E-state index in [0.29, 0.717) is 6.54 Å². The van der Waals surface area contributed by atoms with Crippen LogP contribution >= 0.6 is 0 Å². The molecule has 2 aromatic rings. The summed E-state index contributed by atoms with van der Waals surface area (Å²) < 4.78 is 26.3. The number of para-hydroxylation sites is 1. The number of carbonyl (C=O) groups is 1. The minimum absolute atomic E-state index is 0.253. The highest BCUT2D eigenvalue weighted by Crippen LogP contribution is 2.27. The minimum atomic E-state index is -3.66. The number of anilines is 1. The Morgan fingerprint density at radius 2 is 1.79 bits per heavy atom. The summed E-state index contributed by atoms with van der Waals surface area (Å²) in [7, 11) is -3.66. The van der Waals surface area contributed by atoms with Crippen LogP contribution in [-0.2, 0) is 21.2 Å². The molecular formula is C18H18N2O3S. The van der Waals surface area contributed by atoms with E-state index in [1.165, 1.54) is 6.08 Å². The Bertz CT molecular complexity index is 861. The predicted octanol–water partition coefficient (Wildman–Crippen LogP) is 2.17. The maximum absolute atomic E-state index is 12.3. The normalized spacial score (nSPS) is 14.1. The number of rotatable bonds is 5. The van der Waals surface area contributed by atoms with E-state index in [1.807, 2.05) is 42.5 Å². The highest BCUT2D eigenvalue weighted by atomic mass is 32.2. The van der Waals surface area contributed by atoms with Gasteiger partial charge < -0.3 is 4.90 Å². The number of nitrogens with one attached hydrogen (secondary N) is 1. The molecule has 0 fully saturated rings. The first kappa shape index (κ1) is 16.4. The van der Waals surface area contributed by atoms with E-state index in [-0.39, 0.29) is 12.5 Å². The van der Waals surface area contributed by atoms with E-state index in [1.54, 1.807) is 17.0 Å². The quantitative estimate of drug-likeness (QED) is 0.905. The summed E-state index contributed by atoms with van der Waals surface area (Å²) in [6.07, 6.45) is 2.29. The van der Waals surface area contributed by atoms with Crippen molar-refractivity contribution >= 4 is 27.7 Å². The molecule has 0 spiro atoms. The molecule has 5 nitrogen and oxygen atoms in total. The summed E-state index contributed by atoms with van der Waals surface area (Å²) in [6, 6.07) is 16.8. The second-order valence-electron chi connectivity index (χ2n) is 5.50. The van der Waals surface area contributed by atoms with Crippen molar-refractivity contribution in [2.75, 3.05) is 18.0 Å². The molecule has 0 atom stereocenters. The van der Waals surface area contributed by atoms with Crippen molar-refractivity contribution < 1.29 is 13.2 Å². The van der Waals surface area contributed by atoms with Crippen molar-refractivity contribution in [3.63, 3.8) is 0 Å². The monoisotopic (exact) mass is 342 g/mol. The van der Waals surface area contributed by atoms with E-state index < -0.39 is 10.0 Å². The molecule has 3 rings (SSSR count). The SMILES string of the molecule is O=C(CNS(=O)(=O)/C=C/c1ccccc1)N1CCc2ccccc21. The Kier molecular flexibility index (Phi) is 4.78. The Balaban J connectivity index is 1.61. The van der Waals surface area contributed by atoms with Crippen LogP contribution in [0.2, 0.25) is 0 Å². The summed E-state index contributed by atoms with van der Waals surface area (Å²) in [5.41, 5.74) is 2.75. The van der Waals surface area contributed by atoms with Crippen LogP contribution in [0.1, 0.15) is 11.1 Å². The summed E-state index contributed by atoms with van der Waals surface area (Å²) in [4.78, 5) is 13.9. The zero-order valence-corrected chi connectivity index (χ0v) is 13.9. The smallest absolute Gasteiger partial charge is 0.242 e. The second kappa shape index (κ2) is 6.98. The molecule has 1 heterocycles. The average molecular weight is 342 g/mol. The molecule has 0 saturated carbocycles. The molecule has 0 saturated heterocycles. The van der Waals surface area contributed by atoms with Crippen molar-refractivity contribution in [3.8, 4) is 0 Å². The summed E-state index contributed by atoms with van der Waals surface area (Å²) in [5, 5.41) is 1.08. The molecule has 6 heteroatoms. The molecule has 0 unspecified atom stereocenters. The number of hydrogen-bond acceptors (Lipinski definition) is 3. The zero-order valence-electron chi connectivity index (χ0n) is 13.1.